The van der Waals surface area contributed by atoms with Crippen molar-refractivity contribution in [2.45, 2.75) is 6.18 Å². The zero-order chi connectivity index (χ0) is 10.1. The van der Waals surface area contributed by atoms with E-state index in [1.807, 2.05) is 0 Å². The van der Waals surface area contributed by atoms with Crippen molar-refractivity contribution in [2.24, 2.45) is 0 Å². The van der Waals surface area contributed by atoms with Crippen molar-refractivity contribution in [3.8, 4) is 0 Å². The zero-order valence-corrected chi connectivity index (χ0v) is 9.15. The molecule has 70 valence electrons. The summed E-state index contributed by atoms with van der Waals surface area (Å²) in [4.78, 5) is 0. The van der Waals surface area contributed by atoms with Gasteiger partial charge in [-0.1, -0.05) is 17.3 Å². The van der Waals surface area contributed by atoms with E-state index in [0.717, 1.165) is 33.1 Å². The lowest BCUT2D eigenvalue weighted by atomic mass is 10.1. The van der Waals surface area contributed by atoms with Crippen LogP contribution in [0.4, 0.5) is 13.2 Å². The van der Waals surface area contributed by atoms with Gasteiger partial charge in [0, 0.05) is 10.2 Å². The van der Waals surface area contributed by atoms with Gasteiger partial charge >= 0.3 is 6.18 Å². The van der Waals surface area contributed by atoms with E-state index in [0.29, 0.717) is 0 Å². The summed E-state index contributed by atoms with van der Waals surface area (Å²) in [5.41, 5.74) is 0.179. The maximum absolute atomic E-state index is 12.1. The second-order valence-corrected chi connectivity index (χ2v) is 4.06. The minimum atomic E-state index is -4.25. The molecule has 0 aliphatic heterocycles. The first kappa shape index (κ1) is 10.1. The quantitative estimate of drug-likeness (QED) is 0.611. The second-order valence-electron chi connectivity index (χ2n) is 2.86. The number of halogens is 3. The molecule has 0 bridgehead atoms. The van der Waals surface area contributed by atoms with Crippen LogP contribution in [0.15, 0.2) is 30.8 Å². The Kier molecular flexibility index (Phi) is 2.61. The molecule has 0 fully saturated rings. The van der Waals surface area contributed by atoms with E-state index in [2.05, 4.69) is 6.58 Å². The molecule has 4 heteroatoms. The number of rotatable bonds is 1. The van der Waals surface area contributed by atoms with E-state index >= 15 is 0 Å². The lowest BCUT2D eigenvalue weighted by Gasteiger charge is -2.07. The van der Waals surface area contributed by atoms with Gasteiger partial charge in [-0.2, -0.15) is 13.2 Å². The standard InChI is InChI=1S/C9H9F3Si/c1-6(13)7-2-4-8(5-3-7)9(10,11)12/h2-5H,1H2,13H3. The molecule has 1 aromatic carbocycles. The molecule has 0 aromatic heterocycles. The number of hydrogen-bond donors (Lipinski definition) is 0. The van der Waals surface area contributed by atoms with Crippen molar-refractivity contribution in [3.63, 3.8) is 0 Å². The van der Waals surface area contributed by atoms with Gasteiger partial charge in [0.05, 0.1) is 5.56 Å². The Morgan fingerprint density at radius 2 is 1.62 bits per heavy atom. The highest BCUT2D eigenvalue weighted by molar-refractivity contribution is 6.41. The molecule has 0 aliphatic rings. The lowest BCUT2D eigenvalue weighted by molar-refractivity contribution is -0.137. The Morgan fingerprint density at radius 1 is 1.15 bits per heavy atom. The zero-order valence-electron chi connectivity index (χ0n) is 7.15. The minimum absolute atomic E-state index is 0.612. The van der Waals surface area contributed by atoms with Gasteiger partial charge in [-0.25, -0.2) is 0 Å². The molecule has 0 atom stereocenters. The maximum atomic E-state index is 12.1. The molecular weight excluding hydrogens is 193 g/mol. The first-order valence-corrected chi connectivity index (χ1v) is 4.74. The van der Waals surface area contributed by atoms with Crippen molar-refractivity contribution < 1.29 is 13.2 Å². The van der Waals surface area contributed by atoms with Crippen LogP contribution in [0.3, 0.4) is 0 Å². The average Bonchev–Trinajstić information content (AvgIpc) is 2.03. The first-order chi connectivity index (χ1) is 5.91. The maximum Gasteiger partial charge on any atom is 0.416 e. The van der Waals surface area contributed by atoms with Gasteiger partial charge in [0.2, 0.25) is 0 Å². The van der Waals surface area contributed by atoms with Gasteiger partial charge in [0.1, 0.15) is 0 Å². The van der Waals surface area contributed by atoms with E-state index in [-0.39, 0.29) is 0 Å². The average molecular weight is 202 g/mol. The van der Waals surface area contributed by atoms with Crippen molar-refractivity contribution in [3.05, 3.63) is 42.0 Å². The number of alkyl halides is 3. The van der Waals surface area contributed by atoms with Crippen LogP contribution in [0.25, 0.3) is 5.20 Å². The van der Waals surface area contributed by atoms with Crippen molar-refractivity contribution >= 4 is 15.4 Å². The predicted octanol–water partition coefficient (Wildman–Crippen LogP) is 2.04. The third kappa shape index (κ3) is 2.45. The third-order valence-corrected chi connectivity index (χ3v) is 2.28. The molecule has 1 aromatic rings. The molecular formula is C9H9F3Si. The summed E-state index contributed by atoms with van der Waals surface area (Å²) in [6.45, 7) is 3.70. The molecule has 0 spiro atoms. The molecule has 0 unspecified atom stereocenters. The van der Waals surface area contributed by atoms with Crippen molar-refractivity contribution in [1.82, 2.24) is 0 Å². The fourth-order valence-electron chi connectivity index (χ4n) is 0.944. The SMILES string of the molecule is C=C([SiH3])c1ccc(C(F)(F)F)cc1. The van der Waals surface area contributed by atoms with E-state index in [4.69, 9.17) is 0 Å². The van der Waals surface area contributed by atoms with Crippen LogP contribution in [0, 0.1) is 0 Å². The highest BCUT2D eigenvalue weighted by Gasteiger charge is 2.29. The Morgan fingerprint density at radius 3 is 1.92 bits per heavy atom. The Bertz CT molecular complexity index is 311. The molecule has 1 rings (SSSR count). The summed E-state index contributed by atoms with van der Waals surface area (Å²) in [7, 11) is 0.768. The van der Waals surface area contributed by atoms with Crippen LogP contribution in [0.5, 0.6) is 0 Å². The number of hydrogen-bond acceptors (Lipinski definition) is 0. The van der Waals surface area contributed by atoms with Gasteiger partial charge in [0.15, 0.2) is 0 Å². The fourth-order valence-corrected chi connectivity index (χ4v) is 1.28. The van der Waals surface area contributed by atoms with E-state index in [1.54, 1.807) is 0 Å². The largest absolute Gasteiger partial charge is 0.416 e. The Hall–Kier alpha value is -1.03. The van der Waals surface area contributed by atoms with Crippen LogP contribution in [0.1, 0.15) is 11.1 Å². The summed E-state index contributed by atoms with van der Waals surface area (Å²) in [6.07, 6.45) is -4.25. The molecule has 0 aliphatic carbocycles. The van der Waals surface area contributed by atoms with Gasteiger partial charge in [-0.15, -0.1) is 6.58 Å². The smallest absolute Gasteiger partial charge is 0.166 e. The van der Waals surface area contributed by atoms with Crippen LogP contribution in [-0.2, 0) is 6.18 Å². The molecule has 13 heavy (non-hydrogen) atoms. The third-order valence-electron chi connectivity index (χ3n) is 1.71. The lowest BCUT2D eigenvalue weighted by Crippen LogP contribution is -2.04. The molecule has 0 N–H and O–H groups in total. The van der Waals surface area contributed by atoms with Crippen molar-refractivity contribution in [1.29, 1.82) is 0 Å². The highest BCUT2D eigenvalue weighted by Crippen LogP contribution is 2.29. The molecule has 0 saturated heterocycles. The van der Waals surface area contributed by atoms with Crippen LogP contribution in [-0.4, -0.2) is 10.2 Å². The molecule has 0 amide bonds. The topological polar surface area (TPSA) is 0 Å². The summed E-state index contributed by atoms with van der Waals surface area (Å²) in [5, 5.41) is 0.897. The van der Waals surface area contributed by atoms with E-state index in [1.165, 1.54) is 12.1 Å². The van der Waals surface area contributed by atoms with Crippen LogP contribution < -0.4 is 0 Å². The number of benzene rings is 1. The molecule has 0 nitrogen and oxygen atoms in total. The molecule has 0 saturated carbocycles. The van der Waals surface area contributed by atoms with Gasteiger partial charge in [0.25, 0.3) is 0 Å². The summed E-state index contributed by atoms with van der Waals surface area (Å²) >= 11 is 0. The predicted molar refractivity (Wildman–Crippen MR) is 50.4 cm³/mol. The second kappa shape index (κ2) is 3.37. The van der Waals surface area contributed by atoms with E-state index < -0.39 is 11.7 Å². The molecule has 0 heterocycles. The summed E-state index contributed by atoms with van der Waals surface area (Å²) in [5.74, 6) is 0. The fraction of sp³-hybridized carbons (Fsp3) is 0.111. The molecule has 0 radical (unpaired) electrons. The van der Waals surface area contributed by atoms with Gasteiger partial charge < -0.3 is 0 Å². The minimum Gasteiger partial charge on any atom is -0.166 e. The summed E-state index contributed by atoms with van der Waals surface area (Å²) in [6, 6.07) is 5.08. The van der Waals surface area contributed by atoms with Crippen LogP contribution >= 0.6 is 0 Å². The Labute approximate surface area is 77.5 Å². The van der Waals surface area contributed by atoms with E-state index in [9.17, 15) is 13.2 Å². The summed E-state index contributed by atoms with van der Waals surface area (Å²) < 4.78 is 36.3. The van der Waals surface area contributed by atoms with Crippen LogP contribution in [0.2, 0.25) is 0 Å². The highest BCUT2D eigenvalue weighted by atomic mass is 28.1. The monoisotopic (exact) mass is 202 g/mol. The normalized spacial score (nSPS) is 11.6. The van der Waals surface area contributed by atoms with Gasteiger partial charge in [-0.05, 0) is 17.7 Å². The van der Waals surface area contributed by atoms with Gasteiger partial charge in [-0.3, -0.25) is 0 Å². The van der Waals surface area contributed by atoms with Crippen molar-refractivity contribution in [2.75, 3.05) is 0 Å². The Balaban J connectivity index is 3.01. The first-order valence-electron chi connectivity index (χ1n) is 3.74.